The van der Waals surface area contributed by atoms with Crippen LogP contribution in [0.15, 0.2) is 29.6 Å². The second-order valence-electron chi connectivity index (χ2n) is 3.62. The highest BCUT2D eigenvalue weighted by atomic mass is 127. The first-order chi connectivity index (χ1) is 7.24. The minimum absolute atomic E-state index is 1.09. The largest absolute Gasteiger partial charge is 0.237 e. The first-order valence-corrected chi connectivity index (χ1v) is 6.64. The van der Waals surface area contributed by atoms with Crippen LogP contribution in [0.2, 0.25) is 0 Å². The molecule has 3 heteroatoms. The van der Waals surface area contributed by atoms with Crippen molar-refractivity contribution in [2.75, 3.05) is 0 Å². The summed E-state index contributed by atoms with van der Waals surface area (Å²) in [4.78, 5) is 5.79. The van der Waals surface area contributed by atoms with Gasteiger partial charge >= 0.3 is 0 Å². The molecule has 0 spiro atoms. The number of rotatable bonds is 0. The van der Waals surface area contributed by atoms with Crippen LogP contribution in [0, 0.1) is 10.5 Å². The summed E-state index contributed by atoms with van der Waals surface area (Å²) >= 11 is 4.08. The molecule has 2 aromatic heterocycles. The summed E-state index contributed by atoms with van der Waals surface area (Å²) in [5.41, 5.74) is 2.38. The molecule has 0 aliphatic heterocycles. The van der Waals surface area contributed by atoms with Crippen LogP contribution >= 0.6 is 33.9 Å². The number of pyridine rings is 1. The van der Waals surface area contributed by atoms with Gasteiger partial charge in [0.05, 0.1) is 5.52 Å². The van der Waals surface area contributed by atoms with Crippen LogP contribution in [0.3, 0.4) is 0 Å². The summed E-state index contributed by atoms with van der Waals surface area (Å²) in [5.74, 6) is 0. The molecule has 2 heterocycles. The van der Waals surface area contributed by atoms with Crippen LogP contribution < -0.4 is 0 Å². The fraction of sp³-hybridized carbons (Fsp3) is 0.0833. The Balaban J connectivity index is 2.50. The molecular weight excluding hydrogens is 317 g/mol. The molecule has 0 unspecified atom stereocenters. The van der Waals surface area contributed by atoms with Crippen LogP contribution in [0.1, 0.15) is 5.56 Å². The third-order valence-electron chi connectivity index (χ3n) is 2.47. The van der Waals surface area contributed by atoms with Crippen molar-refractivity contribution < 1.29 is 0 Å². The molecule has 0 aliphatic rings. The van der Waals surface area contributed by atoms with Gasteiger partial charge in [-0.05, 0) is 47.7 Å². The Morgan fingerprint density at radius 1 is 1.27 bits per heavy atom. The molecule has 0 aliphatic carbocycles. The standard InChI is InChI=1S/C12H8INS/c1-7-2-3-11-8(4-7)5-9-10(13)6-15-12(9)14-11/h2-6H,1H3. The van der Waals surface area contributed by atoms with Gasteiger partial charge in [-0.3, -0.25) is 0 Å². The molecule has 0 bridgehead atoms. The molecule has 0 fully saturated rings. The lowest BCUT2D eigenvalue weighted by Crippen LogP contribution is -1.80. The van der Waals surface area contributed by atoms with Crippen molar-refractivity contribution in [3.8, 4) is 0 Å². The predicted octanol–water partition coefficient (Wildman–Crippen LogP) is 4.36. The van der Waals surface area contributed by atoms with E-state index in [1.165, 1.54) is 19.9 Å². The zero-order valence-corrected chi connectivity index (χ0v) is 11.1. The molecule has 3 aromatic rings. The highest BCUT2D eigenvalue weighted by Crippen LogP contribution is 2.29. The smallest absolute Gasteiger partial charge is 0.125 e. The zero-order valence-electron chi connectivity index (χ0n) is 8.12. The number of nitrogens with zero attached hydrogens (tertiary/aromatic N) is 1. The highest BCUT2D eigenvalue weighted by Gasteiger charge is 2.04. The van der Waals surface area contributed by atoms with Gasteiger partial charge < -0.3 is 0 Å². The maximum absolute atomic E-state index is 4.65. The minimum Gasteiger partial charge on any atom is -0.237 e. The van der Waals surface area contributed by atoms with Gasteiger partial charge in [0.2, 0.25) is 0 Å². The van der Waals surface area contributed by atoms with E-state index in [0.29, 0.717) is 0 Å². The summed E-state index contributed by atoms with van der Waals surface area (Å²) in [6, 6.07) is 8.63. The zero-order chi connectivity index (χ0) is 10.4. The van der Waals surface area contributed by atoms with E-state index in [0.717, 1.165) is 10.3 Å². The summed E-state index contributed by atoms with van der Waals surface area (Å²) in [6.45, 7) is 2.11. The number of hydrogen-bond acceptors (Lipinski definition) is 2. The van der Waals surface area contributed by atoms with Gasteiger partial charge in [0.15, 0.2) is 0 Å². The molecule has 1 nitrogen and oxygen atoms in total. The Kier molecular flexibility index (Phi) is 2.17. The topological polar surface area (TPSA) is 12.9 Å². The monoisotopic (exact) mass is 325 g/mol. The van der Waals surface area contributed by atoms with Gasteiger partial charge in [-0.25, -0.2) is 4.98 Å². The van der Waals surface area contributed by atoms with Crippen molar-refractivity contribution in [1.82, 2.24) is 4.98 Å². The maximum Gasteiger partial charge on any atom is 0.125 e. The van der Waals surface area contributed by atoms with Crippen LogP contribution in [-0.4, -0.2) is 4.98 Å². The number of thiophene rings is 1. The van der Waals surface area contributed by atoms with Gasteiger partial charge in [-0.15, -0.1) is 11.3 Å². The highest BCUT2D eigenvalue weighted by molar-refractivity contribution is 14.1. The molecule has 0 saturated heterocycles. The van der Waals surface area contributed by atoms with Crippen LogP contribution in [-0.2, 0) is 0 Å². The lowest BCUT2D eigenvalue weighted by atomic mass is 10.1. The van der Waals surface area contributed by atoms with Gasteiger partial charge in [0.1, 0.15) is 4.83 Å². The number of aromatic nitrogens is 1. The Morgan fingerprint density at radius 2 is 2.13 bits per heavy atom. The number of aryl methyl sites for hydroxylation is 1. The maximum atomic E-state index is 4.65. The van der Waals surface area contributed by atoms with Gasteiger partial charge in [-0.1, -0.05) is 11.6 Å². The lowest BCUT2D eigenvalue weighted by molar-refractivity contribution is 1.47. The number of hydrogen-bond donors (Lipinski definition) is 0. The molecule has 1 aromatic carbocycles. The average Bonchev–Trinajstić information content (AvgIpc) is 2.57. The Bertz CT molecular complexity index is 657. The van der Waals surface area contributed by atoms with E-state index in [9.17, 15) is 0 Å². The Hall–Kier alpha value is -0.680. The summed E-state index contributed by atoms with van der Waals surface area (Å²) in [5, 5.41) is 4.67. The third kappa shape index (κ3) is 1.54. The van der Waals surface area contributed by atoms with E-state index in [-0.39, 0.29) is 0 Å². The summed E-state index contributed by atoms with van der Waals surface area (Å²) in [7, 11) is 0. The number of halogens is 1. The first-order valence-electron chi connectivity index (χ1n) is 4.68. The van der Waals surface area contributed by atoms with E-state index in [1.807, 2.05) is 0 Å². The molecule has 15 heavy (non-hydrogen) atoms. The molecule has 0 saturated carbocycles. The van der Waals surface area contributed by atoms with Gasteiger partial charge in [-0.2, -0.15) is 0 Å². The van der Waals surface area contributed by atoms with Crippen molar-refractivity contribution >= 4 is 55.0 Å². The van der Waals surface area contributed by atoms with Crippen molar-refractivity contribution in [3.05, 3.63) is 38.8 Å². The SMILES string of the molecule is Cc1ccc2nc3scc(I)c3cc2c1. The number of fused-ring (bicyclic) bond motifs is 2. The number of benzene rings is 1. The Morgan fingerprint density at radius 3 is 3.00 bits per heavy atom. The van der Waals surface area contributed by atoms with Crippen molar-refractivity contribution in [3.63, 3.8) is 0 Å². The molecule has 3 rings (SSSR count). The van der Waals surface area contributed by atoms with E-state index >= 15 is 0 Å². The second-order valence-corrected chi connectivity index (χ2v) is 5.64. The van der Waals surface area contributed by atoms with Crippen LogP contribution in [0.25, 0.3) is 21.1 Å². The van der Waals surface area contributed by atoms with Gasteiger partial charge in [0.25, 0.3) is 0 Å². The molecule has 74 valence electrons. The summed E-state index contributed by atoms with van der Waals surface area (Å²) in [6.07, 6.45) is 0. The molecular formula is C12H8INS. The predicted molar refractivity (Wildman–Crippen MR) is 74.6 cm³/mol. The Labute approximate surface area is 105 Å². The van der Waals surface area contributed by atoms with E-state index < -0.39 is 0 Å². The normalized spacial score (nSPS) is 11.3. The van der Waals surface area contributed by atoms with Crippen molar-refractivity contribution in [1.29, 1.82) is 0 Å². The summed E-state index contributed by atoms with van der Waals surface area (Å²) < 4.78 is 1.29. The molecule has 0 amide bonds. The first kappa shape index (κ1) is 9.54. The fourth-order valence-corrected chi connectivity index (χ4v) is 3.47. The molecule has 0 N–H and O–H groups in total. The third-order valence-corrected chi connectivity index (χ3v) is 4.67. The molecule has 0 radical (unpaired) electrons. The second kappa shape index (κ2) is 3.42. The van der Waals surface area contributed by atoms with E-state index in [4.69, 9.17) is 0 Å². The van der Waals surface area contributed by atoms with Crippen molar-refractivity contribution in [2.45, 2.75) is 6.92 Å². The van der Waals surface area contributed by atoms with E-state index in [2.05, 4.69) is 64.1 Å². The fourth-order valence-electron chi connectivity index (χ4n) is 1.71. The molecule has 0 atom stereocenters. The average molecular weight is 325 g/mol. The minimum atomic E-state index is 1.09. The van der Waals surface area contributed by atoms with Crippen molar-refractivity contribution in [2.24, 2.45) is 0 Å². The van der Waals surface area contributed by atoms with Gasteiger partial charge in [0, 0.05) is 19.7 Å². The van der Waals surface area contributed by atoms with E-state index in [1.54, 1.807) is 11.3 Å². The lowest BCUT2D eigenvalue weighted by Gasteiger charge is -1.99. The quantitative estimate of drug-likeness (QED) is 0.560. The van der Waals surface area contributed by atoms with Crippen LogP contribution in [0.5, 0.6) is 0 Å². The van der Waals surface area contributed by atoms with Crippen LogP contribution in [0.4, 0.5) is 0 Å².